The Morgan fingerprint density at radius 3 is 1.08 bits per heavy atom. The molecule has 0 saturated carbocycles. The maximum atomic E-state index is 10.7. The lowest BCUT2D eigenvalue weighted by molar-refractivity contribution is -0.137. The number of carboxylic acids is 1. The van der Waals surface area contributed by atoms with E-state index in [1.165, 1.54) is 94.0 Å². The van der Waals surface area contributed by atoms with Crippen LogP contribution < -0.4 is 15.9 Å². The number of hydrogen-bond acceptors (Lipinski definition) is 1. The predicted octanol–water partition coefficient (Wildman–Crippen LogP) is 8.82. The molecule has 0 fully saturated rings. The molecule has 3 heteroatoms. The highest BCUT2D eigenvalue weighted by atomic mass is 31.2. The fourth-order valence-electron chi connectivity index (χ4n) is 6.21. The molecular formula is C36H50O2P+. The molecule has 0 atom stereocenters. The van der Waals surface area contributed by atoms with E-state index in [1.54, 1.807) is 0 Å². The van der Waals surface area contributed by atoms with Crippen molar-refractivity contribution in [2.75, 3.05) is 6.16 Å². The minimum Gasteiger partial charge on any atom is -0.481 e. The van der Waals surface area contributed by atoms with Crippen molar-refractivity contribution in [3.05, 3.63) is 88.0 Å². The summed E-state index contributed by atoms with van der Waals surface area (Å²) in [7, 11) is -1.85. The minimum atomic E-state index is -1.85. The lowest BCUT2D eigenvalue weighted by atomic mass is 10.1. The number of hydrogen-bond donors (Lipinski definition) is 1. The van der Waals surface area contributed by atoms with E-state index >= 15 is 0 Å². The van der Waals surface area contributed by atoms with Gasteiger partial charge in [0, 0.05) is 6.42 Å². The van der Waals surface area contributed by atoms with Crippen LogP contribution in [0.3, 0.4) is 0 Å². The topological polar surface area (TPSA) is 37.3 Å². The molecule has 3 aromatic rings. The summed E-state index contributed by atoms with van der Waals surface area (Å²) in [6, 6.07) is 21.8. The summed E-state index contributed by atoms with van der Waals surface area (Å²) < 4.78 is 0. The zero-order valence-corrected chi connectivity index (χ0v) is 26.2. The maximum absolute atomic E-state index is 10.7. The Labute approximate surface area is 238 Å². The first kappa shape index (κ1) is 31.1. The molecule has 0 spiro atoms. The average Bonchev–Trinajstić information content (AvgIpc) is 2.83. The van der Waals surface area contributed by atoms with E-state index in [1.807, 2.05) is 0 Å². The molecule has 0 saturated heterocycles. The van der Waals surface area contributed by atoms with Gasteiger partial charge < -0.3 is 5.11 Å². The van der Waals surface area contributed by atoms with Gasteiger partial charge >= 0.3 is 5.97 Å². The minimum absolute atomic E-state index is 0.312. The number of rotatable bonds is 15. The van der Waals surface area contributed by atoms with E-state index in [2.05, 4.69) is 96.1 Å². The average molecular weight is 546 g/mol. The molecule has 3 rings (SSSR count). The first-order valence-electron chi connectivity index (χ1n) is 15.0. The number of carboxylic acid groups (broad SMARTS) is 1. The van der Waals surface area contributed by atoms with E-state index in [0.717, 1.165) is 19.3 Å². The number of unbranched alkanes of at least 4 members (excludes halogenated alkanes) is 8. The Morgan fingerprint density at radius 1 is 0.487 bits per heavy atom. The predicted molar refractivity (Wildman–Crippen MR) is 172 cm³/mol. The van der Waals surface area contributed by atoms with Crippen LogP contribution in [0.25, 0.3) is 0 Å². The Hall–Kier alpha value is -2.44. The highest BCUT2D eigenvalue weighted by Crippen LogP contribution is 2.57. The fourth-order valence-corrected chi connectivity index (χ4v) is 11.1. The Bertz CT molecular complexity index is 1060. The molecule has 39 heavy (non-hydrogen) atoms. The summed E-state index contributed by atoms with van der Waals surface area (Å²) in [5.74, 6) is -0.670. The zero-order chi connectivity index (χ0) is 28.4. The van der Waals surface area contributed by atoms with E-state index in [0.29, 0.717) is 6.42 Å². The van der Waals surface area contributed by atoms with Crippen molar-refractivity contribution < 1.29 is 9.90 Å². The summed E-state index contributed by atoms with van der Waals surface area (Å²) in [4.78, 5) is 10.7. The van der Waals surface area contributed by atoms with Gasteiger partial charge in [-0.15, -0.1) is 0 Å². The molecule has 0 aliphatic heterocycles. The Balaban J connectivity index is 1.86. The molecule has 3 aromatic carbocycles. The third kappa shape index (κ3) is 9.04. The number of aliphatic carboxylic acids is 1. The van der Waals surface area contributed by atoms with Crippen LogP contribution in [-0.4, -0.2) is 17.2 Å². The molecule has 0 radical (unpaired) electrons. The Kier molecular flexibility index (Phi) is 11.8. The first-order valence-corrected chi connectivity index (χ1v) is 16.9. The molecular weight excluding hydrogens is 495 g/mol. The normalized spacial score (nSPS) is 11.6. The second kappa shape index (κ2) is 14.8. The highest BCUT2D eigenvalue weighted by Gasteiger charge is 2.45. The second-order valence-corrected chi connectivity index (χ2v) is 15.5. The van der Waals surface area contributed by atoms with Crippen molar-refractivity contribution in [1.29, 1.82) is 0 Å². The van der Waals surface area contributed by atoms with Crippen LogP contribution in [0.2, 0.25) is 0 Å². The van der Waals surface area contributed by atoms with Gasteiger partial charge in [-0.05, 0) is 131 Å². The van der Waals surface area contributed by atoms with E-state index in [-0.39, 0.29) is 0 Å². The molecule has 2 nitrogen and oxygen atoms in total. The third-order valence-electron chi connectivity index (χ3n) is 7.83. The van der Waals surface area contributed by atoms with Crippen LogP contribution in [0.15, 0.2) is 54.6 Å². The molecule has 0 bridgehead atoms. The van der Waals surface area contributed by atoms with Gasteiger partial charge in [0.2, 0.25) is 0 Å². The summed E-state index contributed by atoms with van der Waals surface area (Å²) in [6.07, 6.45) is 12.1. The standard InChI is InChI=1S/C36H49O2P/c1-27-18-28(2)22-33(21-27)39(34-23-29(3)19-30(4)24-34,35-25-31(5)20-32(6)26-35)17-15-13-11-9-7-8-10-12-14-16-36(37)38/h18-26H,7-17H2,1-6H3/p+1. The van der Waals surface area contributed by atoms with Gasteiger partial charge in [0.15, 0.2) is 0 Å². The maximum Gasteiger partial charge on any atom is 0.303 e. The fraction of sp³-hybridized carbons (Fsp3) is 0.472. The third-order valence-corrected chi connectivity index (χ3v) is 12.2. The van der Waals surface area contributed by atoms with Crippen molar-refractivity contribution in [2.24, 2.45) is 0 Å². The van der Waals surface area contributed by atoms with Crippen LogP contribution in [0.4, 0.5) is 0 Å². The summed E-state index contributed by atoms with van der Waals surface area (Å²) in [5, 5.41) is 13.4. The quantitative estimate of drug-likeness (QED) is 0.153. The van der Waals surface area contributed by atoms with Crippen molar-refractivity contribution in [3.8, 4) is 0 Å². The lowest BCUT2D eigenvalue weighted by Crippen LogP contribution is -2.34. The van der Waals surface area contributed by atoms with E-state index in [4.69, 9.17) is 5.11 Å². The van der Waals surface area contributed by atoms with Gasteiger partial charge in [-0.3, -0.25) is 4.79 Å². The molecule has 1 N–H and O–H groups in total. The van der Waals surface area contributed by atoms with Crippen LogP contribution >= 0.6 is 7.26 Å². The molecule has 0 aliphatic carbocycles. The van der Waals surface area contributed by atoms with Gasteiger partial charge in [0.05, 0.1) is 6.16 Å². The number of benzene rings is 3. The van der Waals surface area contributed by atoms with Crippen LogP contribution in [0.1, 0.15) is 97.6 Å². The largest absolute Gasteiger partial charge is 0.481 e. The van der Waals surface area contributed by atoms with Crippen molar-refractivity contribution >= 4 is 29.1 Å². The van der Waals surface area contributed by atoms with Crippen molar-refractivity contribution in [1.82, 2.24) is 0 Å². The molecule has 210 valence electrons. The zero-order valence-electron chi connectivity index (χ0n) is 25.3. The van der Waals surface area contributed by atoms with E-state index < -0.39 is 13.2 Å². The molecule has 0 aromatic heterocycles. The van der Waals surface area contributed by atoms with Gasteiger partial charge in [-0.25, -0.2) is 0 Å². The molecule has 0 aliphatic rings. The van der Waals surface area contributed by atoms with Crippen molar-refractivity contribution in [2.45, 2.75) is 106 Å². The van der Waals surface area contributed by atoms with Crippen LogP contribution in [0.5, 0.6) is 0 Å². The molecule has 0 heterocycles. The second-order valence-electron chi connectivity index (χ2n) is 11.9. The number of aryl methyl sites for hydroxylation is 6. The molecule has 0 unspecified atom stereocenters. The van der Waals surface area contributed by atoms with Gasteiger partial charge in [0.1, 0.15) is 23.2 Å². The van der Waals surface area contributed by atoms with Gasteiger partial charge in [-0.1, -0.05) is 56.7 Å². The number of carbonyl (C=O) groups is 1. The van der Waals surface area contributed by atoms with Gasteiger partial charge in [-0.2, -0.15) is 0 Å². The van der Waals surface area contributed by atoms with E-state index in [9.17, 15) is 4.79 Å². The summed E-state index contributed by atoms with van der Waals surface area (Å²) in [5.41, 5.74) is 8.12. The van der Waals surface area contributed by atoms with Gasteiger partial charge in [0.25, 0.3) is 0 Å². The first-order chi connectivity index (χ1) is 18.6. The smallest absolute Gasteiger partial charge is 0.303 e. The monoisotopic (exact) mass is 545 g/mol. The van der Waals surface area contributed by atoms with Crippen molar-refractivity contribution in [3.63, 3.8) is 0 Å². The lowest BCUT2D eigenvalue weighted by Gasteiger charge is -2.29. The van der Waals surface area contributed by atoms with Crippen LogP contribution in [-0.2, 0) is 4.79 Å². The SMILES string of the molecule is Cc1cc(C)cc([P+](CCCCCCCCCCCC(=O)O)(c2cc(C)cc(C)c2)c2cc(C)cc(C)c2)c1. The summed E-state index contributed by atoms with van der Waals surface area (Å²) >= 11 is 0. The Morgan fingerprint density at radius 2 is 0.769 bits per heavy atom. The molecule has 0 amide bonds. The highest BCUT2D eigenvalue weighted by molar-refractivity contribution is 7.95. The van der Waals surface area contributed by atoms with Crippen LogP contribution in [0, 0.1) is 41.5 Å². The summed E-state index contributed by atoms with van der Waals surface area (Å²) in [6.45, 7) is 13.5.